The monoisotopic (exact) mass is 536 g/mol. The number of fused-ring (bicyclic) bond motifs is 3. The molecule has 2 amide bonds. The molecule has 0 fully saturated rings. The summed E-state index contributed by atoms with van der Waals surface area (Å²) in [4.78, 5) is 29.9. The number of hydrogen-bond acceptors (Lipinski definition) is 7. The fourth-order valence-corrected chi connectivity index (χ4v) is 4.30. The van der Waals surface area contributed by atoms with Crippen LogP contribution in [0.2, 0.25) is 0 Å². The summed E-state index contributed by atoms with van der Waals surface area (Å²) < 4.78 is 23.9. The maximum atomic E-state index is 12.8. The summed E-state index contributed by atoms with van der Waals surface area (Å²) in [5.41, 5.74) is 4.26. The van der Waals surface area contributed by atoms with Crippen LogP contribution in [0.5, 0.6) is 0 Å². The molecule has 10 heteroatoms. The van der Waals surface area contributed by atoms with Gasteiger partial charge in [-0.25, -0.2) is 14.6 Å². The minimum atomic E-state index is -0.390. The predicted molar refractivity (Wildman–Crippen MR) is 146 cm³/mol. The van der Waals surface area contributed by atoms with Crippen molar-refractivity contribution in [3.63, 3.8) is 0 Å². The summed E-state index contributed by atoms with van der Waals surface area (Å²) >= 11 is 0. The van der Waals surface area contributed by atoms with Gasteiger partial charge in [-0.1, -0.05) is 48.5 Å². The van der Waals surface area contributed by atoms with Crippen LogP contribution in [-0.2, 0) is 18.9 Å². The average molecular weight is 537 g/mol. The first kappa shape index (κ1) is 28.3. The van der Waals surface area contributed by atoms with Crippen LogP contribution < -0.4 is 5.32 Å². The number of imidazole rings is 1. The van der Waals surface area contributed by atoms with Gasteiger partial charge in [-0.3, -0.25) is 4.57 Å². The number of nitrogens with one attached hydrogen (secondary N) is 1. The van der Waals surface area contributed by atoms with Crippen LogP contribution in [0, 0.1) is 0 Å². The molecule has 208 valence electrons. The van der Waals surface area contributed by atoms with Crippen molar-refractivity contribution in [3.05, 3.63) is 78.4 Å². The highest BCUT2D eigenvalue weighted by atomic mass is 16.6. The molecule has 0 saturated carbocycles. The first-order chi connectivity index (χ1) is 19.1. The van der Waals surface area contributed by atoms with Gasteiger partial charge in [0.25, 0.3) is 0 Å². The number of aromatic nitrogens is 2. The second-order valence-electron chi connectivity index (χ2n) is 9.11. The van der Waals surface area contributed by atoms with E-state index < -0.39 is 6.10 Å². The van der Waals surface area contributed by atoms with Crippen LogP contribution in [0.25, 0.3) is 11.1 Å². The molecule has 0 radical (unpaired) electrons. The number of ether oxygens (including phenoxy) is 4. The first-order valence-corrected chi connectivity index (χ1v) is 13.2. The molecule has 1 aromatic heterocycles. The molecule has 2 aromatic carbocycles. The molecule has 1 N–H and O–H groups in total. The number of carbonyl (C=O) groups is 2. The van der Waals surface area contributed by atoms with Crippen molar-refractivity contribution >= 4 is 12.1 Å². The van der Waals surface area contributed by atoms with E-state index in [4.69, 9.17) is 18.9 Å². The Kier molecular flexibility index (Phi) is 10.9. The Balaban J connectivity index is 0.989. The average Bonchev–Trinajstić information content (AvgIpc) is 3.61. The van der Waals surface area contributed by atoms with Gasteiger partial charge in [0, 0.05) is 56.9 Å². The molecule has 0 atom stereocenters. The fourth-order valence-electron chi connectivity index (χ4n) is 4.30. The zero-order chi connectivity index (χ0) is 27.3. The number of carbonyl (C=O) groups excluding carboxylic acids is 2. The van der Waals surface area contributed by atoms with Crippen molar-refractivity contribution in [2.75, 3.05) is 59.8 Å². The Bertz CT molecular complexity index is 1140. The van der Waals surface area contributed by atoms with Crippen molar-refractivity contribution in [1.29, 1.82) is 0 Å². The van der Waals surface area contributed by atoms with Crippen molar-refractivity contribution in [2.45, 2.75) is 18.9 Å². The number of hydrogen-bond donors (Lipinski definition) is 1. The molecule has 1 aliphatic carbocycles. The number of benzene rings is 2. The number of amides is 2. The summed E-state index contributed by atoms with van der Waals surface area (Å²) in [6.07, 6.45) is 5.28. The largest absolute Gasteiger partial charge is 0.436 e. The maximum Gasteiger partial charge on any atom is 0.410 e. The van der Waals surface area contributed by atoms with Crippen LogP contribution >= 0.6 is 0 Å². The topological polar surface area (TPSA) is 104 Å². The molecule has 3 aromatic rings. The lowest BCUT2D eigenvalue weighted by Gasteiger charge is -2.21. The molecule has 0 saturated heterocycles. The highest BCUT2D eigenvalue weighted by molar-refractivity contribution is 5.79. The minimum absolute atomic E-state index is 0.205. The summed E-state index contributed by atoms with van der Waals surface area (Å²) in [5, 5.41) is 2.78. The predicted octanol–water partition coefficient (Wildman–Crippen LogP) is 4.11. The summed E-state index contributed by atoms with van der Waals surface area (Å²) in [5.74, 6) is 0. The summed E-state index contributed by atoms with van der Waals surface area (Å²) in [7, 11) is 1.74. The van der Waals surface area contributed by atoms with Crippen LogP contribution in [-0.4, -0.2) is 86.4 Å². The Morgan fingerprint density at radius 2 is 1.46 bits per heavy atom. The Morgan fingerprint density at radius 3 is 2.08 bits per heavy atom. The molecule has 0 spiro atoms. The third-order valence-corrected chi connectivity index (χ3v) is 6.31. The highest BCUT2D eigenvalue weighted by Crippen LogP contribution is 2.45. The van der Waals surface area contributed by atoms with Gasteiger partial charge in [0.15, 0.2) is 6.10 Å². The van der Waals surface area contributed by atoms with E-state index in [0.29, 0.717) is 65.6 Å². The smallest absolute Gasteiger partial charge is 0.410 e. The van der Waals surface area contributed by atoms with Gasteiger partial charge in [-0.05, 0) is 24.0 Å². The third-order valence-electron chi connectivity index (χ3n) is 6.31. The lowest BCUT2D eigenvalue weighted by Crippen LogP contribution is -2.30. The van der Waals surface area contributed by atoms with Crippen molar-refractivity contribution < 1.29 is 28.5 Å². The number of rotatable bonds is 15. The van der Waals surface area contributed by atoms with Gasteiger partial charge >= 0.3 is 12.1 Å². The zero-order valence-corrected chi connectivity index (χ0v) is 22.3. The van der Waals surface area contributed by atoms with Crippen LogP contribution in [0.4, 0.5) is 9.59 Å². The van der Waals surface area contributed by atoms with Crippen molar-refractivity contribution in [1.82, 2.24) is 19.8 Å². The van der Waals surface area contributed by atoms with E-state index in [0.717, 1.165) is 22.3 Å². The van der Waals surface area contributed by atoms with E-state index in [9.17, 15) is 9.59 Å². The van der Waals surface area contributed by atoms with Crippen LogP contribution in [0.3, 0.4) is 0 Å². The van der Waals surface area contributed by atoms with Gasteiger partial charge in [-0.2, -0.15) is 0 Å². The quantitative estimate of drug-likeness (QED) is 0.292. The maximum absolute atomic E-state index is 12.8. The van der Waals surface area contributed by atoms with E-state index in [1.165, 1.54) is 10.9 Å². The second kappa shape index (κ2) is 15.0. The Morgan fingerprint density at radius 1 is 0.872 bits per heavy atom. The van der Waals surface area contributed by atoms with E-state index in [2.05, 4.69) is 22.4 Å². The number of nitrogens with zero attached hydrogens (tertiary/aromatic N) is 3. The SMILES string of the molecule is CN(CCCOCCOCCOCCCNC(=O)n1ccnc1)C(=O)OC1c2ccccc2-c2ccccc21. The molecular weight excluding hydrogens is 500 g/mol. The first-order valence-electron chi connectivity index (χ1n) is 13.2. The zero-order valence-electron chi connectivity index (χ0n) is 22.3. The minimum Gasteiger partial charge on any atom is -0.436 e. The Labute approximate surface area is 228 Å². The van der Waals surface area contributed by atoms with Gasteiger partial charge in [0.05, 0.1) is 26.4 Å². The molecule has 0 aliphatic heterocycles. The van der Waals surface area contributed by atoms with Crippen LogP contribution in [0.15, 0.2) is 67.3 Å². The summed E-state index contributed by atoms with van der Waals surface area (Å²) in [6.45, 7) is 4.04. The normalized spacial score (nSPS) is 12.1. The van der Waals surface area contributed by atoms with Crippen molar-refractivity contribution in [3.8, 4) is 11.1 Å². The molecule has 0 bridgehead atoms. The molecular formula is C29H36N4O6. The fraction of sp³-hybridized carbons (Fsp3) is 0.414. The van der Waals surface area contributed by atoms with E-state index in [1.54, 1.807) is 24.3 Å². The molecule has 0 unspecified atom stereocenters. The lowest BCUT2D eigenvalue weighted by atomic mass is 10.1. The van der Waals surface area contributed by atoms with E-state index in [1.807, 2.05) is 36.4 Å². The molecule has 1 aliphatic rings. The van der Waals surface area contributed by atoms with Gasteiger partial charge < -0.3 is 29.2 Å². The van der Waals surface area contributed by atoms with Crippen molar-refractivity contribution in [2.24, 2.45) is 0 Å². The van der Waals surface area contributed by atoms with Gasteiger partial charge in [0.1, 0.15) is 6.33 Å². The highest BCUT2D eigenvalue weighted by Gasteiger charge is 2.31. The van der Waals surface area contributed by atoms with Gasteiger partial charge in [0.2, 0.25) is 0 Å². The van der Waals surface area contributed by atoms with Crippen LogP contribution in [0.1, 0.15) is 30.1 Å². The van der Waals surface area contributed by atoms with Gasteiger partial charge in [-0.15, -0.1) is 0 Å². The Hall–Kier alpha value is -3.73. The lowest BCUT2D eigenvalue weighted by molar-refractivity contribution is 0.0127. The summed E-state index contributed by atoms with van der Waals surface area (Å²) in [6, 6.07) is 15.9. The molecule has 10 nitrogen and oxygen atoms in total. The second-order valence-corrected chi connectivity index (χ2v) is 9.11. The molecule has 4 rings (SSSR count). The van der Waals surface area contributed by atoms with E-state index in [-0.39, 0.29) is 12.1 Å². The van der Waals surface area contributed by atoms with E-state index >= 15 is 0 Å². The molecule has 1 heterocycles. The third kappa shape index (κ3) is 8.13. The molecule has 39 heavy (non-hydrogen) atoms. The standard InChI is InChI=1S/C29H36N4O6/c1-32(29(35)39-27-25-10-4-2-8-23(25)24-9-3-5-11-26(24)27)14-7-17-37-19-21-38-20-18-36-16-6-12-31-28(34)33-15-13-30-22-33/h2-5,8-11,13,15,22,27H,6-7,12,14,16-21H2,1H3,(H,31,34).